The summed E-state index contributed by atoms with van der Waals surface area (Å²) in [7, 11) is 0. The lowest BCUT2D eigenvalue weighted by Crippen LogP contribution is -2.10. The number of benzene rings is 2. The number of carbonyl (C=O) groups is 1. The SMILES string of the molecule is NC(=O)c1ccc(-c2cccc([N+](=O)[O-])c2)cc1. The third kappa shape index (κ3) is 2.35. The predicted octanol–water partition coefficient (Wildman–Crippen LogP) is 2.36. The van der Waals surface area contributed by atoms with Gasteiger partial charge in [0.2, 0.25) is 5.91 Å². The fraction of sp³-hybridized carbons (Fsp3) is 0. The van der Waals surface area contributed by atoms with Crippen molar-refractivity contribution in [3.63, 3.8) is 0 Å². The summed E-state index contributed by atoms with van der Waals surface area (Å²) in [4.78, 5) is 21.2. The molecule has 0 radical (unpaired) electrons. The maximum atomic E-state index is 10.9. The second kappa shape index (κ2) is 4.67. The van der Waals surface area contributed by atoms with Crippen LogP contribution in [0, 0.1) is 10.1 Å². The molecule has 0 atom stereocenters. The first kappa shape index (κ1) is 11.8. The number of non-ortho nitro benzene ring substituents is 1. The number of hydrogen-bond acceptors (Lipinski definition) is 3. The lowest BCUT2D eigenvalue weighted by molar-refractivity contribution is -0.384. The Hall–Kier alpha value is -2.69. The van der Waals surface area contributed by atoms with Crippen LogP contribution in [0.5, 0.6) is 0 Å². The standard InChI is InChI=1S/C13H10N2O3/c14-13(16)10-6-4-9(5-7-10)11-2-1-3-12(8-11)15(17)18/h1-8H,(H2,14,16). The Labute approximate surface area is 103 Å². The van der Waals surface area contributed by atoms with Gasteiger partial charge in [-0.25, -0.2) is 0 Å². The maximum absolute atomic E-state index is 10.9. The van der Waals surface area contributed by atoms with E-state index in [0.29, 0.717) is 5.56 Å². The van der Waals surface area contributed by atoms with Crippen LogP contribution in [0.3, 0.4) is 0 Å². The van der Waals surface area contributed by atoms with E-state index in [2.05, 4.69) is 0 Å². The van der Waals surface area contributed by atoms with Gasteiger partial charge in [0, 0.05) is 17.7 Å². The summed E-state index contributed by atoms with van der Waals surface area (Å²) in [6, 6.07) is 12.9. The van der Waals surface area contributed by atoms with Crippen LogP contribution in [0.2, 0.25) is 0 Å². The van der Waals surface area contributed by atoms with Gasteiger partial charge in [-0.15, -0.1) is 0 Å². The molecule has 2 aromatic carbocycles. The normalized spacial score (nSPS) is 10.0. The molecule has 18 heavy (non-hydrogen) atoms. The summed E-state index contributed by atoms with van der Waals surface area (Å²) in [5.74, 6) is -0.499. The van der Waals surface area contributed by atoms with Gasteiger partial charge < -0.3 is 5.73 Å². The van der Waals surface area contributed by atoms with Crippen molar-refractivity contribution < 1.29 is 9.72 Å². The first-order valence-electron chi connectivity index (χ1n) is 5.22. The van der Waals surface area contributed by atoms with Crippen LogP contribution in [-0.4, -0.2) is 10.8 Å². The monoisotopic (exact) mass is 242 g/mol. The third-order valence-electron chi connectivity index (χ3n) is 2.56. The van der Waals surface area contributed by atoms with E-state index in [0.717, 1.165) is 11.1 Å². The highest BCUT2D eigenvalue weighted by Crippen LogP contribution is 2.23. The molecule has 0 aliphatic carbocycles. The number of nitrogens with zero attached hydrogens (tertiary/aromatic N) is 1. The average molecular weight is 242 g/mol. The van der Waals surface area contributed by atoms with Crippen molar-refractivity contribution in [3.05, 3.63) is 64.2 Å². The van der Waals surface area contributed by atoms with Crippen LogP contribution in [0.15, 0.2) is 48.5 Å². The molecule has 2 aromatic rings. The zero-order valence-corrected chi connectivity index (χ0v) is 9.37. The van der Waals surface area contributed by atoms with Crippen LogP contribution in [-0.2, 0) is 0 Å². The second-order valence-corrected chi connectivity index (χ2v) is 3.75. The van der Waals surface area contributed by atoms with Crippen LogP contribution >= 0.6 is 0 Å². The summed E-state index contributed by atoms with van der Waals surface area (Å²) in [6.07, 6.45) is 0. The highest BCUT2D eigenvalue weighted by Gasteiger charge is 2.07. The molecule has 0 aromatic heterocycles. The Bertz CT molecular complexity index is 606. The van der Waals surface area contributed by atoms with E-state index >= 15 is 0 Å². The lowest BCUT2D eigenvalue weighted by Gasteiger charge is -2.02. The van der Waals surface area contributed by atoms with Gasteiger partial charge in [-0.3, -0.25) is 14.9 Å². The minimum atomic E-state index is -0.499. The van der Waals surface area contributed by atoms with E-state index in [1.54, 1.807) is 36.4 Å². The number of hydrogen-bond donors (Lipinski definition) is 1. The number of nitro groups is 1. The molecule has 0 heterocycles. The first-order chi connectivity index (χ1) is 8.58. The molecular weight excluding hydrogens is 232 g/mol. The van der Waals surface area contributed by atoms with Crippen LogP contribution < -0.4 is 5.73 Å². The van der Waals surface area contributed by atoms with E-state index in [4.69, 9.17) is 5.73 Å². The maximum Gasteiger partial charge on any atom is 0.270 e. The molecule has 2 rings (SSSR count). The fourth-order valence-electron chi connectivity index (χ4n) is 1.63. The molecule has 2 N–H and O–H groups in total. The van der Waals surface area contributed by atoms with Crippen LogP contribution in [0.1, 0.15) is 10.4 Å². The number of nitrogens with two attached hydrogens (primary N) is 1. The summed E-state index contributed by atoms with van der Waals surface area (Å²) >= 11 is 0. The quantitative estimate of drug-likeness (QED) is 0.662. The molecule has 0 saturated carbocycles. The third-order valence-corrected chi connectivity index (χ3v) is 2.56. The summed E-state index contributed by atoms with van der Waals surface area (Å²) < 4.78 is 0. The number of nitro benzene ring substituents is 1. The number of primary amides is 1. The molecule has 1 amide bonds. The topological polar surface area (TPSA) is 86.2 Å². The minimum absolute atomic E-state index is 0.0338. The highest BCUT2D eigenvalue weighted by molar-refractivity contribution is 5.93. The summed E-state index contributed by atoms with van der Waals surface area (Å²) in [5.41, 5.74) is 7.10. The van der Waals surface area contributed by atoms with Crippen molar-refractivity contribution in [2.75, 3.05) is 0 Å². The Kier molecular flexibility index (Phi) is 3.05. The van der Waals surface area contributed by atoms with E-state index in [-0.39, 0.29) is 5.69 Å². The molecule has 0 bridgehead atoms. The van der Waals surface area contributed by atoms with Gasteiger partial charge >= 0.3 is 0 Å². The largest absolute Gasteiger partial charge is 0.366 e. The fourth-order valence-corrected chi connectivity index (χ4v) is 1.63. The predicted molar refractivity (Wildman–Crippen MR) is 67.1 cm³/mol. The van der Waals surface area contributed by atoms with Crippen molar-refractivity contribution in [1.29, 1.82) is 0 Å². The van der Waals surface area contributed by atoms with Crippen molar-refractivity contribution in [1.82, 2.24) is 0 Å². The van der Waals surface area contributed by atoms with Crippen LogP contribution in [0.25, 0.3) is 11.1 Å². The molecule has 0 aliphatic rings. The van der Waals surface area contributed by atoms with Gasteiger partial charge in [0.25, 0.3) is 5.69 Å². The average Bonchev–Trinajstić information content (AvgIpc) is 2.39. The van der Waals surface area contributed by atoms with E-state index in [1.165, 1.54) is 12.1 Å². The van der Waals surface area contributed by atoms with Gasteiger partial charge in [-0.05, 0) is 23.3 Å². The molecule has 0 unspecified atom stereocenters. The van der Waals surface area contributed by atoms with Gasteiger partial charge in [-0.1, -0.05) is 24.3 Å². The Morgan fingerprint density at radius 1 is 1.06 bits per heavy atom. The van der Waals surface area contributed by atoms with Crippen molar-refractivity contribution in [3.8, 4) is 11.1 Å². The van der Waals surface area contributed by atoms with Crippen molar-refractivity contribution in [2.45, 2.75) is 0 Å². The Morgan fingerprint density at radius 3 is 2.28 bits per heavy atom. The molecule has 0 saturated heterocycles. The van der Waals surface area contributed by atoms with E-state index < -0.39 is 10.8 Å². The van der Waals surface area contributed by atoms with Gasteiger partial charge in [0.1, 0.15) is 0 Å². The Balaban J connectivity index is 2.39. The number of amides is 1. The molecule has 5 heteroatoms. The molecule has 5 nitrogen and oxygen atoms in total. The zero-order valence-electron chi connectivity index (χ0n) is 9.37. The van der Waals surface area contributed by atoms with Crippen LogP contribution in [0.4, 0.5) is 5.69 Å². The number of carbonyl (C=O) groups excluding carboxylic acids is 1. The van der Waals surface area contributed by atoms with Gasteiger partial charge in [0.05, 0.1) is 4.92 Å². The highest BCUT2D eigenvalue weighted by atomic mass is 16.6. The Morgan fingerprint density at radius 2 is 1.72 bits per heavy atom. The molecule has 0 spiro atoms. The summed E-state index contributed by atoms with van der Waals surface area (Å²) in [5, 5.41) is 10.7. The zero-order chi connectivity index (χ0) is 13.1. The van der Waals surface area contributed by atoms with E-state index in [1.807, 2.05) is 0 Å². The smallest absolute Gasteiger partial charge is 0.270 e. The molecule has 0 fully saturated rings. The van der Waals surface area contributed by atoms with Crippen molar-refractivity contribution in [2.24, 2.45) is 5.73 Å². The van der Waals surface area contributed by atoms with Gasteiger partial charge in [0.15, 0.2) is 0 Å². The second-order valence-electron chi connectivity index (χ2n) is 3.75. The van der Waals surface area contributed by atoms with Crippen molar-refractivity contribution >= 4 is 11.6 Å². The first-order valence-corrected chi connectivity index (χ1v) is 5.22. The summed E-state index contributed by atoms with van der Waals surface area (Å²) in [6.45, 7) is 0. The molecule has 90 valence electrons. The minimum Gasteiger partial charge on any atom is -0.366 e. The molecule has 0 aliphatic heterocycles. The van der Waals surface area contributed by atoms with E-state index in [9.17, 15) is 14.9 Å². The number of rotatable bonds is 3. The lowest BCUT2D eigenvalue weighted by atomic mass is 10.0. The molecular formula is C13H10N2O3. The van der Waals surface area contributed by atoms with Gasteiger partial charge in [-0.2, -0.15) is 0 Å².